The molecule has 2 aromatic heterocycles. The monoisotopic (exact) mass is 217 g/mol. The summed E-state index contributed by atoms with van der Waals surface area (Å²) in [6, 6.07) is 6.12. The molecule has 0 amide bonds. The summed E-state index contributed by atoms with van der Waals surface area (Å²) in [4.78, 5) is 0. The van der Waals surface area contributed by atoms with Crippen molar-refractivity contribution >= 4 is 5.65 Å². The van der Waals surface area contributed by atoms with E-state index < -0.39 is 0 Å². The summed E-state index contributed by atoms with van der Waals surface area (Å²) in [6.07, 6.45) is 2.10. The van der Waals surface area contributed by atoms with Crippen LogP contribution in [0.4, 0.5) is 0 Å². The number of hydrogen-bond donors (Lipinski definition) is 0. The molecule has 3 rings (SSSR count). The van der Waals surface area contributed by atoms with Crippen molar-refractivity contribution < 1.29 is 4.74 Å². The number of fused-ring (bicyclic) bond motifs is 1. The first-order valence-electron chi connectivity index (χ1n) is 5.74. The highest BCUT2D eigenvalue weighted by molar-refractivity contribution is 5.40. The average Bonchev–Trinajstić information content (AvgIpc) is 2.75. The van der Waals surface area contributed by atoms with Crippen molar-refractivity contribution in [3.05, 3.63) is 29.7 Å². The number of hydrogen-bond acceptors (Lipinski definition) is 3. The molecule has 2 aromatic rings. The molecule has 0 bridgehead atoms. The van der Waals surface area contributed by atoms with Crippen LogP contribution in [-0.2, 0) is 4.74 Å². The zero-order chi connectivity index (χ0) is 11.0. The van der Waals surface area contributed by atoms with Gasteiger partial charge in [-0.1, -0.05) is 6.07 Å². The first-order chi connectivity index (χ1) is 7.86. The fourth-order valence-corrected chi connectivity index (χ4v) is 2.35. The van der Waals surface area contributed by atoms with E-state index in [4.69, 9.17) is 4.74 Å². The number of ether oxygens (including phenoxy) is 1. The lowest BCUT2D eigenvalue weighted by Crippen LogP contribution is -2.16. The second-order valence-electron chi connectivity index (χ2n) is 4.31. The second kappa shape index (κ2) is 3.87. The lowest BCUT2D eigenvalue weighted by molar-refractivity contribution is 0.0833. The van der Waals surface area contributed by atoms with Crippen molar-refractivity contribution in [2.75, 3.05) is 13.2 Å². The Morgan fingerprint density at radius 2 is 2.06 bits per heavy atom. The number of aryl methyl sites for hydroxylation is 1. The van der Waals surface area contributed by atoms with Gasteiger partial charge in [-0.3, -0.25) is 4.40 Å². The van der Waals surface area contributed by atoms with E-state index in [9.17, 15) is 0 Å². The van der Waals surface area contributed by atoms with Crippen molar-refractivity contribution in [1.29, 1.82) is 0 Å². The molecule has 1 saturated heterocycles. The van der Waals surface area contributed by atoms with Gasteiger partial charge in [-0.05, 0) is 31.9 Å². The normalized spacial score (nSPS) is 18.1. The van der Waals surface area contributed by atoms with Gasteiger partial charge in [-0.25, -0.2) is 0 Å². The number of rotatable bonds is 1. The Morgan fingerprint density at radius 3 is 2.88 bits per heavy atom. The lowest BCUT2D eigenvalue weighted by Gasteiger charge is -2.20. The molecule has 1 aliphatic rings. The van der Waals surface area contributed by atoms with Gasteiger partial charge >= 0.3 is 0 Å². The molecule has 3 heterocycles. The van der Waals surface area contributed by atoms with Crippen LogP contribution < -0.4 is 0 Å². The fraction of sp³-hybridized carbons (Fsp3) is 0.500. The molecule has 4 heteroatoms. The maximum atomic E-state index is 5.38. The standard InChI is InChI=1S/C12H15N3O/c1-9-3-2-4-11-13-14-12(15(9)11)10-5-7-16-8-6-10/h2-4,10H,5-8H2,1H3. The lowest BCUT2D eigenvalue weighted by atomic mass is 9.99. The Bertz CT molecular complexity index is 500. The third kappa shape index (κ3) is 1.50. The number of pyridine rings is 1. The molecule has 0 saturated carbocycles. The van der Waals surface area contributed by atoms with Gasteiger partial charge in [-0.2, -0.15) is 0 Å². The van der Waals surface area contributed by atoms with Gasteiger partial charge in [0.25, 0.3) is 0 Å². The Hall–Kier alpha value is -1.42. The molecule has 0 N–H and O–H groups in total. The van der Waals surface area contributed by atoms with Crippen LogP contribution in [0.25, 0.3) is 5.65 Å². The maximum Gasteiger partial charge on any atom is 0.160 e. The Morgan fingerprint density at radius 1 is 1.25 bits per heavy atom. The van der Waals surface area contributed by atoms with Crippen molar-refractivity contribution in [2.24, 2.45) is 0 Å². The Kier molecular flexibility index (Phi) is 2.36. The molecule has 0 atom stereocenters. The summed E-state index contributed by atoms with van der Waals surface area (Å²) in [5, 5.41) is 8.56. The van der Waals surface area contributed by atoms with Crippen LogP contribution in [0.3, 0.4) is 0 Å². The average molecular weight is 217 g/mol. The number of nitrogens with zero attached hydrogens (tertiary/aromatic N) is 3. The number of aromatic nitrogens is 3. The van der Waals surface area contributed by atoms with Crippen LogP contribution in [0.15, 0.2) is 18.2 Å². The summed E-state index contributed by atoms with van der Waals surface area (Å²) in [6.45, 7) is 3.77. The van der Waals surface area contributed by atoms with E-state index in [1.165, 1.54) is 5.69 Å². The van der Waals surface area contributed by atoms with E-state index in [0.29, 0.717) is 5.92 Å². The van der Waals surface area contributed by atoms with E-state index >= 15 is 0 Å². The van der Waals surface area contributed by atoms with Gasteiger partial charge in [0, 0.05) is 24.8 Å². The summed E-state index contributed by atoms with van der Waals surface area (Å²) >= 11 is 0. The van der Waals surface area contributed by atoms with Crippen LogP contribution in [0.1, 0.15) is 30.3 Å². The van der Waals surface area contributed by atoms with E-state index in [0.717, 1.165) is 37.5 Å². The second-order valence-corrected chi connectivity index (χ2v) is 4.31. The first kappa shape index (κ1) is 9.78. The molecule has 0 radical (unpaired) electrons. The molecule has 84 valence electrons. The molecule has 1 fully saturated rings. The van der Waals surface area contributed by atoms with Crippen LogP contribution in [0.2, 0.25) is 0 Å². The summed E-state index contributed by atoms with van der Waals surface area (Å²) in [5.74, 6) is 1.58. The highest BCUT2D eigenvalue weighted by Gasteiger charge is 2.21. The van der Waals surface area contributed by atoms with Gasteiger partial charge in [0.1, 0.15) is 5.82 Å². The topological polar surface area (TPSA) is 39.4 Å². The van der Waals surface area contributed by atoms with E-state index in [1.54, 1.807) is 0 Å². The van der Waals surface area contributed by atoms with Crippen molar-refractivity contribution in [2.45, 2.75) is 25.7 Å². The quantitative estimate of drug-likeness (QED) is 0.732. The van der Waals surface area contributed by atoms with E-state index in [2.05, 4.69) is 27.6 Å². The van der Waals surface area contributed by atoms with E-state index in [1.807, 2.05) is 12.1 Å². The van der Waals surface area contributed by atoms with Crippen LogP contribution in [0.5, 0.6) is 0 Å². The molecule has 0 spiro atoms. The largest absolute Gasteiger partial charge is 0.381 e. The van der Waals surface area contributed by atoms with Crippen LogP contribution in [0, 0.1) is 6.92 Å². The molecular weight excluding hydrogens is 202 g/mol. The molecule has 4 nitrogen and oxygen atoms in total. The highest BCUT2D eigenvalue weighted by Crippen LogP contribution is 2.26. The summed E-state index contributed by atoms with van der Waals surface area (Å²) < 4.78 is 7.55. The fourth-order valence-electron chi connectivity index (χ4n) is 2.35. The molecule has 1 aliphatic heterocycles. The van der Waals surface area contributed by atoms with Gasteiger partial charge < -0.3 is 4.74 Å². The zero-order valence-corrected chi connectivity index (χ0v) is 9.39. The first-order valence-corrected chi connectivity index (χ1v) is 5.74. The van der Waals surface area contributed by atoms with Gasteiger partial charge in [-0.15, -0.1) is 10.2 Å². The third-order valence-electron chi connectivity index (χ3n) is 3.23. The van der Waals surface area contributed by atoms with Gasteiger partial charge in [0.05, 0.1) is 0 Å². The van der Waals surface area contributed by atoms with Crippen molar-refractivity contribution in [3.63, 3.8) is 0 Å². The molecule has 16 heavy (non-hydrogen) atoms. The third-order valence-corrected chi connectivity index (χ3v) is 3.23. The minimum absolute atomic E-state index is 0.491. The van der Waals surface area contributed by atoms with Crippen molar-refractivity contribution in [1.82, 2.24) is 14.6 Å². The zero-order valence-electron chi connectivity index (χ0n) is 9.39. The smallest absolute Gasteiger partial charge is 0.160 e. The van der Waals surface area contributed by atoms with Crippen LogP contribution >= 0.6 is 0 Å². The highest BCUT2D eigenvalue weighted by atomic mass is 16.5. The SMILES string of the molecule is Cc1cccc2nnc(C3CCOCC3)n12. The minimum Gasteiger partial charge on any atom is -0.381 e. The van der Waals surface area contributed by atoms with Crippen LogP contribution in [-0.4, -0.2) is 27.8 Å². The van der Waals surface area contributed by atoms with Gasteiger partial charge in [0.15, 0.2) is 5.65 Å². The predicted molar refractivity (Wildman–Crippen MR) is 60.5 cm³/mol. The summed E-state index contributed by atoms with van der Waals surface area (Å²) in [5.41, 5.74) is 2.14. The van der Waals surface area contributed by atoms with Crippen molar-refractivity contribution in [3.8, 4) is 0 Å². The maximum absolute atomic E-state index is 5.38. The molecule has 0 aliphatic carbocycles. The Labute approximate surface area is 94.3 Å². The molecule has 0 unspecified atom stereocenters. The molecular formula is C12H15N3O. The van der Waals surface area contributed by atoms with Gasteiger partial charge in [0.2, 0.25) is 0 Å². The Balaban J connectivity index is 2.09. The predicted octanol–water partition coefficient (Wildman–Crippen LogP) is 1.93. The summed E-state index contributed by atoms with van der Waals surface area (Å²) in [7, 11) is 0. The molecule has 0 aromatic carbocycles. The minimum atomic E-state index is 0.491. The van der Waals surface area contributed by atoms with E-state index in [-0.39, 0.29) is 0 Å².